The normalized spacial score (nSPS) is 16.0. The fourth-order valence-electron chi connectivity index (χ4n) is 3.03. The number of benzene rings is 1. The first-order valence-electron chi connectivity index (χ1n) is 9.12. The molecule has 4 nitrogen and oxygen atoms in total. The van der Waals surface area contributed by atoms with E-state index in [2.05, 4.69) is 22.9 Å². The first-order valence-corrected chi connectivity index (χ1v) is 9.91. The standard InChI is InChI=1S/C20H30BrNO3/c1-15-17(21)8-5-9-18(15)24-14-6-7-16-10-12-22(13-11-16)19(23)25-20(2,3)4/h5,8-9,16H,6-7,10-14H2,1-4H3. The third-order valence-corrected chi connectivity index (χ3v) is 5.36. The molecular formula is C20H30BrNO3. The van der Waals surface area contributed by atoms with E-state index >= 15 is 0 Å². The summed E-state index contributed by atoms with van der Waals surface area (Å²) in [6.45, 7) is 10.1. The van der Waals surface area contributed by atoms with Crippen LogP contribution in [0.2, 0.25) is 0 Å². The number of hydrogen-bond acceptors (Lipinski definition) is 3. The van der Waals surface area contributed by atoms with Crippen molar-refractivity contribution >= 4 is 22.0 Å². The third-order valence-electron chi connectivity index (χ3n) is 4.50. The molecule has 0 saturated carbocycles. The first kappa shape index (κ1) is 20.1. The lowest BCUT2D eigenvalue weighted by atomic mass is 9.92. The lowest BCUT2D eigenvalue weighted by molar-refractivity contribution is 0.0179. The van der Waals surface area contributed by atoms with Crippen molar-refractivity contribution < 1.29 is 14.3 Å². The molecule has 0 N–H and O–H groups in total. The fourth-order valence-corrected chi connectivity index (χ4v) is 3.38. The van der Waals surface area contributed by atoms with Crippen LogP contribution >= 0.6 is 15.9 Å². The number of amides is 1. The van der Waals surface area contributed by atoms with Crippen LogP contribution in [0.15, 0.2) is 22.7 Å². The molecule has 1 aromatic carbocycles. The molecular weight excluding hydrogens is 382 g/mol. The SMILES string of the molecule is Cc1c(Br)cccc1OCCCC1CCN(C(=O)OC(C)(C)C)CC1. The van der Waals surface area contributed by atoms with Crippen molar-refractivity contribution in [2.24, 2.45) is 5.92 Å². The van der Waals surface area contributed by atoms with Gasteiger partial charge in [-0.3, -0.25) is 0 Å². The Labute approximate surface area is 160 Å². The maximum Gasteiger partial charge on any atom is 0.410 e. The van der Waals surface area contributed by atoms with Crippen molar-refractivity contribution in [1.29, 1.82) is 0 Å². The van der Waals surface area contributed by atoms with Gasteiger partial charge in [0.2, 0.25) is 0 Å². The molecule has 140 valence electrons. The number of carbonyl (C=O) groups excluding carboxylic acids is 1. The van der Waals surface area contributed by atoms with Crippen LogP contribution in [0.3, 0.4) is 0 Å². The summed E-state index contributed by atoms with van der Waals surface area (Å²) in [6.07, 6.45) is 4.11. The fraction of sp³-hybridized carbons (Fsp3) is 0.650. The molecule has 1 aliphatic rings. The highest BCUT2D eigenvalue weighted by Crippen LogP contribution is 2.27. The average molecular weight is 412 g/mol. The second-order valence-electron chi connectivity index (χ2n) is 7.76. The topological polar surface area (TPSA) is 38.8 Å². The van der Waals surface area contributed by atoms with Gasteiger partial charge in [0.25, 0.3) is 0 Å². The van der Waals surface area contributed by atoms with Crippen molar-refractivity contribution in [3.8, 4) is 5.75 Å². The van der Waals surface area contributed by atoms with Crippen LogP contribution in [0.5, 0.6) is 5.75 Å². The molecule has 1 amide bonds. The van der Waals surface area contributed by atoms with Crippen LogP contribution in [0.25, 0.3) is 0 Å². The Hall–Kier alpha value is -1.23. The molecule has 0 radical (unpaired) electrons. The second kappa shape index (κ2) is 8.93. The van der Waals surface area contributed by atoms with Gasteiger partial charge in [0.1, 0.15) is 11.4 Å². The quantitative estimate of drug-likeness (QED) is 0.594. The number of rotatable bonds is 5. The van der Waals surface area contributed by atoms with Gasteiger partial charge < -0.3 is 14.4 Å². The van der Waals surface area contributed by atoms with Gasteiger partial charge in [-0.2, -0.15) is 0 Å². The van der Waals surface area contributed by atoms with Crippen molar-refractivity contribution in [2.75, 3.05) is 19.7 Å². The Morgan fingerprint density at radius 1 is 1.28 bits per heavy atom. The van der Waals surface area contributed by atoms with Gasteiger partial charge in [0, 0.05) is 23.1 Å². The van der Waals surface area contributed by atoms with Crippen LogP contribution in [-0.4, -0.2) is 36.3 Å². The highest BCUT2D eigenvalue weighted by Gasteiger charge is 2.26. The molecule has 0 unspecified atom stereocenters. The summed E-state index contributed by atoms with van der Waals surface area (Å²) >= 11 is 3.53. The van der Waals surface area contributed by atoms with Gasteiger partial charge in [0.05, 0.1) is 6.61 Å². The highest BCUT2D eigenvalue weighted by molar-refractivity contribution is 9.10. The summed E-state index contributed by atoms with van der Waals surface area (Å²) in [6, 6.07) is 6.04. The maximum absolute atomic E-state index is 12.1. The molecule has 2 rings (SSSR count). The molecule has 1 fully saturated rings. The first-order chi connectivity index (χ1) is 11.8. The minimum atomic E-state index is -0.421. The lowest BCUT2D eigenvalue weighted by Crippen LogP contribution is -2.41. The van der Waals surface area contributed by atoms with Crippen molar-refractivity contribution in [1.82, 2.24) is 4.90 Å². The molecule has 1 aliphatic heterocycles. The number of piperidine rings is 1. The van der Waals surface area contributed by atoms with E-state index in [1.54, 1.807) is 0 Å². The zero-order valence-electron chi connectivity index (χ0n) is 15.8. The summed E-state index contributed by atoms with van der Waals surface area (Å²) in [5, 5.41) is 0. The predicted octanol–water partition coefficient (Wildman–Crippen LogP) is 5.56. The van der Waals surface area contributed by atoms with Crippen LogP contribution in [-0.2, 0) is 4.74 Å². The third kappa shape index (κ3) is 6.53. The molecule has 0 aliphatic carbocycles. The van der Waals surface area contributed by atoms with Gasteiger partial charge in [-0.25, -0.2) is 4.79 Å². The molecule has 0 atom stereocenters. The van der Waals surface area contributed by atoms with E-state index in [0.29, 0.717) is 5.92 Å². The Kier molecular flexibility index (Phi) is 7.17. The van der Waals surface area contributed by atoms with E-state index < -0.39 is 5.60 Å². The van der Waals surface area contributed by atoms with Gasteiger partial charge in [0.15, 0.2) is 0 Å². The summed E-state index contributed by atoms with van der Waals surface area (Å²) in [5.41, 5.74) is 0.726. The Balaban J connectivity index is 1.66. The molecule has 25 heavy (non-hydrogen) atoms. The Bertz CT molecular complexity index is 575. The average Bonchev–Trinajstić information content (AvgIpc) is 2.54. The number of carbonyl (C=O) groups is 1. The van der Waals surface area contributed by atoms with E-state index in [1.165, 1.54) is 0 Å². The van der Waals surface area contributed by atoms with Gasteiger partial charge in [-0.05, 0) is 71.4 Å². The monoisotopic (exact) mass is 411 g/mol. The van der Waals surface area contributed by atoms with Gasteiger partial charge in [-0.1, -0.05) is 22.0 Å². The van der Waals surface area contributed by atoms with Crippen molar-refractivity contribution in [3.05, 3.63) is 28.2 Å². The Morgan fingerprint density at radius 2 is 1.96 bits per heavy atom. The molecule has 1 heterocycles. The number of nitrogens with zero attached hydrogens (tertiary/aromatic N) is 1. The molecule has 0 bridgehead atoms. The van der Waals surface area contributed by atoms with Crippen LogP contribution in [0.1, 0.15) is 52.0 Å². The van der Waals surface area contributed by atoms with Crippen molar-refractivity contribution in [3.63, 3.8) is 0 Å². The molecule has 0 spiro atoms. The van der Waals surface area contributed by atoms with Crippen LogP contribution < -0.4 is 4.74 Å². The number of hydrogen-bond donors (Lipinski definition) is 0. The number of ether oxygens (including phenoxy) is 2. The summed E-state index contributed by atoms with van der Waals surface area (Å²) < 4.78 is 12.4. The van der Waals surface area contributed by atoms with Crippen LogP contribution in [0, 0.1) is 12.8 Å². The van der Waals surface area contributed by atoms with Crippen LogP contribution in [0.4, 0.5) is 4.79 Å². The zero-order valence-corrected chi connectivity index (χ0v) is 17.4. The highest BCUT2D eigenvalue weighted by atomic mass is 79.9. The largest absolute Gasteiger partial charge is 0.493 e. The molecule has 5 heteroatoms. The minimum absolute atomic E-state index is 0.181. The maximum atomic E-state index is 12.1. The molecule has 0 aromatic heterocycles. The number of likely N-dealkylation sites (tertiary alicyclic amines) is 1. The number of halogens is 1. The smallest absolute Gasteiger partial charge is 0.410 e. The summed E-state index contributed by atoms with van der Waals surface area (Å²) in [5.74, 6) is 1.63. The van der Waals surface area contributed by atoms with Gasteiger partial charge >= 0.3 is 6.09 Å². The summed E-state index contributed by atoms with van der Waals surface area (Å²) in [4.78, 5) is 13.9. The minimum Gasteiger partial charge on any atom is -0.493 e. The second-order valence-corrected chi connectivity index (χ2v) is 8.62. The predicted molar refractivity (Wildman–Crippen MR) is 104 cm³/mol. The van der Waals surface area contributed by atoms with E-state index in [0.717, 1.165) is 61.2 Å². The lowest BCUT2D eigenvalue weighted by Gasteiger charge is -2.33. The van der Waals surface area contributed by atoms with E-state index in [1.807, 2.05) is 43.9 Å². The van der Waals surface area contributed by atoms with Crippen molar-refractivity contribution in [2.45, 2.75) is 59.0 Å². The van der Waals surface area contributed by atoms with E-state index in [-0.39, 0.29) is 6.09 Å². The van der Waals surface area contributed by atoms with E-state index in [9.17, 15) is 4.79 Å². The summed E-state index contributed by atoms with van der Waals surface area (Å²) in [7, 11) is 0. The molecule has 1 aromatic rings. The zero-order chi connectivity index (χ0) is 18.4. The van der Waals surface area contributed by atoms with E-state index in [4.69, 9.17) is 9.47 Å². The van der Waals surface area contributed by atoms with Gasteiger partial charge in [-0.15, -0.1) is 0 Å². The molecule has 1 saturated heterocycles. The Morgan fingerprint density at radius 3 is 2.60 bits per heavy atom.